The number of benzene rings is 2. The summed E-state index contributed by atoms with van der Waals surface area (Å²) in [5.41, 5.74) is 1.69. The predicted molar refractivity (Wildman–Crippen MR) is 87.8 cm³/mol. The van der Waals surface area contributed by atoms with Crippen molar-refractivity contribution < 1.29 is 18.7 Å². The number of hydrogen-bond donors (Lipinski definition) is 1. The maximum atomic E-state index is 12.1. The van der Waals surface area contributed by atoms with Crippen LogP contribution in [0.25, 0.3) is 11.5 Å². The van der Waals surface area contributed by atoms with E-state index in [1.165, 1.54) is 0 Å². The highest BCUT2D eigenvalue weighted by Gasteiger charge is 2.15. The number of fused-ring (bicyclic) bond motifs is 1. The summed E-state index contributed by atoms with van der Waals surface area (Å²) in [6, 6.07) is 14.9. The molecule has 1 aliphatic rings. The van der Waals surface area contributed by atoms with Gasteiger partial charge in [-0.05, 0) is 29.8 Å². The quantitative estimate of drug-likeness (QED) is 0.769. The third-order valence-electron chi connectivity index (χ3n) is 3.73. The summed E-state index contributed by atoms with van der Waals surface area (Å²) >= 11 is 0. The fourth-order valence-electron chi connectivity index (χ4n) is 2.50. The minimum Gasteiger partial charge on any atom is -0.454 e. The first-order valence-electron chi connectivity index (χ1n) is 7.81. The standard InChI is InChI=1S/C18H15N3O4/c22-16(9-12-6-7-14-15(8-12)24-11-23-14)19-10-17-20-21-18(25-17)13-4-2-1-3-5-13/h1-8H,9-11H2,(H,19,22). The van der Waals surface area contributed by atoms with E-state index in [0.29, 0.717) is 23.3 Å². The van der Waals surface area contributed by atoms with E-state index in [-0.39, 0.29) is 25.7 Å². The summed E-state index contributed by atoms with van der Waals surface area (Å²) in [4.78, 5) is 12.1. The van der Waals surface area contributed by atoms with Crippen LogP contribution < -0.4 is 14.8 Å². The molecule has 7 nitrogen and oxygen atoms in total. The maximum Gasteiger partial charge on any atom is 0.247 e. The highest BCUT2D eigenvalue weighted by molar-refractivity contribution is 5.78. The van der Waals surface area contributed by atoms with E-state index in [1.54, 1.807) is 6.07 Å². The lowest BCUT2D eigenvalue weighted by Gasteiger charge is -2.04. The Hall–Kier alpha value is -3.35. The Morgan fingerprint density at radius 2 is 1.88 bits per heavy atom. The van der Waals surface area contributed by atoms with Crippen molar-refractivity contribution in [2.45, 2.75) is 13.0 Å². The summed E-state index contributed by atoms with van der Waals surface area (Å²) in [7, 11) is 0. The van der Waals surface area contributed by atoms with Crippen molar-refractivity contribution in [1.29, 1.82) is 0 Å². The number of carbonyl (C=O) groups excluding carboxylic acids is 1. The molecule has 4 rings (SSSR count). The smallest absolute Gasteiger partial charge is 0.247 e. The molecule has 25 heavy (non-hydrogen) atoms. The van der Waals surface area contributed by atoms with Gasteiger partial charge in [0.25, 0.3) is 0 Å². The zero-order chi connectivity index (χ0) is 17.1. The average molecular weight is 337 g/mol. The predicted octanol–water partition coefficient (Wildman–Crippen LogP) is 2.32. The first-order chi connectivity index (χ1) is 12.3. The van der Waals surface area contributed by atoms with Gasteiger partial charge in [0, 0.05) is 5.56 Å². The number of rotatable bonds is 5. The van der Waals surface area contributed by atoms with Crippen LogP contribution in [-0.2, 0) is 17.8 Å². The summed E-state index contributed by atoms with van der Waals surface area (Å²) in [5, 5.41) is 10.7. The summed E-state index contributed by atoms with van der Waals surface area (Å²) in [6.45, 7) is 0.398. The molecule has 7 heteroatoms. The second-order valence-electron chi connectivity index (χ2n) is 5.51. The molecular weight excluding hydrogens is 322 g/mol. The number of hydrogen-bond acceptors (Lipinski definition) is 6. The largest absolute Gasteiger partial charge is 0.454 e. The number of carbonyl (C=O) groups is 1. The van der Waals surface area contributed by atoms with Crippen LogP contribution in [0.3, 0.4) is 0 Å². The Balaban J connectivity index is 1.34. The molecule has 126 valence electrons. The number of amides is 1. The van der Waals surface area contributed by atoms with Crippen LogP contribution in [0.2, 0.25) is 0 Å². The highest BCUT2D eigenvalue weighted by atomic mass is 16.7. The molecule has 0 spiro atoms. The zero-order valence-electron chi connectivity index (χ0n) is 13.3. The van der Waals surface area contributed by atoms with Gasteiger partial charge in [0.05, 0.1) is 13.0 Å². The van der Waals surface area contributed by atoms with Crippen molar-refractivity contribution in [3.8, 4) is 23.0 Å². The van der Waals surface area contributed by atoms with E-state index >= 15 is 0 Å². The molecule has 1 N–H and O–H groups in total. The van der Waals surface area contributed by atoms with Crippen molar-refractivity contribution >= 4 is 5.91 Å². The van der Waals surface area contributed by atoms with Gasteiger partial charge < -0.3 is 19.2 Å². The Kier molecular flexibility index (Phi) is 4.04. The molecule has 0 fully saturated rings. The van der Waals surface area contributed by atoms with Crippen LogP contribution in [0, 0.1) is 0 Å². The molecule has 2 heterocycles. The number of aromatic nitrogens is 2. The zero-order valence-corrected chi connectivity index (χ0v) is 13.3. The fraction of sp³-hybridized carbons (Fsp3) is 0.167. The Morgan fingerprint density at radius 3 is 2.76 bits per heavy atom. The van der Waals surface area contributed by atoms with Crippen molar-refractivity contribution in [3.63, 3.8) is 0 Å². The topological polar surface area (TPSA) is 86.5 Å². The van der Waals surface area contributed by atoms with E-state index in [9.17, 15) is 4.79 Å². The molecule has 0 saturated heterocycles. The van der Waals surface area contributed by atoms with E-state index in [1.807, 2.05) is 42.5 Å². The number of nitrogens with zero attached hydrogens (tertiary/aromatic N) is 2. The summed E-state index contributed by atoms with van der Waals surface area (Å²) in [5.74, 6) is 2.01. The van der Waals surface area contributed by atoms with Crippen molar-refractivity contribution in [3.05, 3.63) is 60.0 Å². The van der Waals surface area contributed by atoms with E-state index < -0.39 is 0 Å². The SMILES string of the molecule is O=C(Cc1ccc2c(c1)OCO2)NCc1nnc(-c2ccccc2)o1. The Morgan fingerprint density at radius 1 is 1.04 bits per heavy atom. The van der Waals surface area contributed by atoms with Gasteiger partial charge in [-0.1, -0.05) is 24.3 Å². The van der Waals surface area contributed by atoms with Crippen LogP contribution in [-0.4, -0.2) is 22.9 Å². The second-order valence-corrected chi connectivity index (χ2v) is 5.51. The van der Waals surface area contributed by atoms with Gasteiger partial charge in [-0.25, -0.2) is 0 Å². The van der Waals surface area contributed by atoms with Gasteiger partial charge in [0.1, 0.15) is 0 Å². The average Bonchev–Trinajstić information content (AvgIpc) is 3.30. The van der Waals surface area contributed by atoms with Gasteiger partial charge in [-0.15, -0.1) is 10.2 Å². The molecule has 2 aromatic carbocycles. The van der Waals surface area contributed by atoms with Crippen LogP contribution in [0.4, 0.5) is 0 Å². The van der Waals surface area contributed by atoms with E-state index in [2.05, 4.69) is 15.5 Å². The third-order valence-corrected chi connectivity index (χ3v) is 3.73. The maximum absolute atomic E-state index is 12.1. The molecule has 0 bridgehead atoms. The third kappa shape index (κ3) is 3.45. The molecule has 1 aliphatic heterocycles. The molecule has 1 aromatic heterocycles. The molecule has 0 aliphatic carbocycles. The Bertz CT molecular complexity index is 892. The highest BCUT2D eigenvalue weighted by Crippen LogP contribution is 2.32. The van der Waals surface area contributed by atoms with Crippen LogP contribution >= 0.6 is 0 Å². The van der Waals surface area contributed by atoms with Gasteiger partial charge in [0.2, 0.25) is 24.5 Å². The van der Waals surface area contributed by atoms with Gasteiger partial charge >= 0.3 is 0 Å². The Labute approximate surface area is 143 Å². The summed E-state index contributed by atoms with van der Waals surface area (Å²) in [6.07, 6.45) is 0.232. The fourth-order valence-corrected chi connectivity index (χ4v) is 2.50. The van der Waals surface area contributed by atoms with Crippen LogP contribution in [0.15, 0.2) is 52.9 Å². The molecular formula is C18H15N3O4. The lowest BCUT2D eigenvalue weighted by atomic mass is 10.1. The van der Waals surface area contributed by atoms with Crippen molar-refractivity contribution in [1.82, 2.24) is 15.5 Å². The van der Waals surface area contributed by atoms with Crippen LogP contribution in [0.1, 0.15) is 11.5 Å². The first kappa shape index (κ1) is 15.2. The number of ether oxygens (including phenoxy) is 2. The minimum absolute atomic E-state index is 0.140. The van der Waals surface area contributed by atoms with E-state index in [4.69, 9.17) is 13.9 Å². The first-order valence-corrected chi connectivity index (χ1v) is 7.81. The minimum atomic E-state index is -0.140. The van der Waals surface area contributed by atoms with Crippen molar-refractivity contribution in [2.75, 3.05) is 6.79 Å². The van der Waals surface area contributed by atoms with Gasteiger partial charge in [0.15, 0.2) is 11.5 Å². The molecule has 0 radical (unpaired) electrons. The molecule has 0 saturated carbocycles. The van der Waals surface area contributed by atoms with E-state index in [0.717, 1.165) is 11.1 Å². The molecule has 3 aromatic rings. The molecule has 1 amide bonds. The van der Waals surface area contributed by atoms with Crippen molar-refractivity contribution in [2.24, 2.45) is 0 Å². The monoisotopic (exact) mass is 337 g/mol. The lowest BCUT2D eigenvalue weighted by Crippen LogP contribution is -2.24. The molecule has 0 unspecified atom stereocenters. The van der Waals surface area contributed by atoms with Crippen LogP contribution in [0.5, 0.6) is 11.5 Å². The summed E-state index contributed by atoms with van der Waals surface area (Å²) < 4.78 is 16.1. The number of nitrogens with one attached hydrogen (secondary N) is 1. The molecule has 0 atom stereocenters. The normalized spacial score (nSPS) is 12.2. The van der Waals surface area contributed by atoms with Gasteiger partial charge in [-0.2, -0.15) is 0 Å². The van der Waals surface area contributed by atoms with Gasteiger partial charge in [-0.3, -0.25) is 4.79 Å². The lowest BCUT2D eigenvalue weighted by molar-refractivity contribution is -0.120. The second kappa shape index (κ2) is 6.64.